The Morgan fingerprint density at radius 2 is 1.88 bits per heavy atom. The van der Waals surface area contributed by atoms with Gasteiger partial charge in [-0.05, 0) is 12.1 Å². The van der Waals surface area contributed by atoms with Gasteiger partial charge in [0.1, 0.15) is 0 Å². The monoisotopic (exact) mass is 354 g/mol. The lowest BCUT2D eigenvalue weighted by Crippen LogP contribution is -2.07. The predicted molar refractivity (Wildman–Crippen MR) is 76.2 cm³/mol. The van der Waals surface area contributed by atoms with Crippen molar-refractivity contribution in [1.29, 1.82) is 0 Å². The molecule has 128 valence electrons. The molecule has 0 spiro atoms. The minimum absolute atomic E-state index is 0.00708. The van der Waals surface area contributed by atoms with E-state index in [9.17, 15) is 22.0 Å². The maximum Gasteiger partial charge on any atom is 0.451 e. The van der Waals surface area contributed by atoms with Gasteiger partial charge in [0.15, 0.2) is 17.5 Å². The molecule has 3 aromatic heterocycles. The quantitative estimate of drug-likeness (QED) is 0.481. The molecule has 0 amide bonds. The van der Waals surface area contributed by atoms with Crippen molar-refractivity contribution < 1.29 is 22.0 Å². The number of hydrogen-bond acceptors (Lipinski definition) is 3. The number of nitrogens with one attached hydrogen (secondary N) is 3. The molecule has 3 heterocycles. The predicted octanol–water partition coefficient (Wildman–Crippen LogP) is 3.64. The SMILES string of the molecule is Fc1ccc2c(-c3cn[nH]c3)c(-c3n[nH]c(C(F)(F)F)n3)[nH]c2c1F. The Morgan fingerprint density at radius 3 is 2.52 bits per heavy atom. The van der Waals surface area contributed by atoms with Crippen molar-refractivity contribution in [2.75, 3.05) is 0 Å². The molecule has 0 aliphatic heterocycles. The number of aromatic nitrogens is 6. The fraction of sp³-hybridized carbons (Fsp3) is 0.0714. The average molecular weight is 354 g/mol. The minimum atomic E-state index is -4.72. The molecule has 3 N–H and O–H groups in total. The molecular formula is C14H7F5N6. The zero-order valence-electron chi connectivity index (χ0n) is 12.0. The standard InChI is InChI=1S/C14H7F5N6/c15-7-2-1-6-8(5-3-20-21-4-5)11(22-10(6)9(7)16)12-23-13(25-24-12)14(17,18)19/h1-4,22H,(H,20,21)(H,23,24,25). The highest BCUT2D eigenvalue weighted by Crippen LogP contribution is 2.38. The molecular weight excluding hydrogens is 347 g/mol. The number of rotatable bonds is 2. The van der Waals surface area contributed by atoms with Crippen LogP contribution >= 0.6 is 0 Å². The third kappa shape index (κ3) is 2.35. The van der Waals surface area contributed by atoms with Crippen LogP contribution in [0.25, 0.3) is 33.5 Å². The highest BCUT2D eigenvalue weighted by atomic mass is 19.4. The van der Waals surface area contributed by atoms with Crippen molar-refractivity contribution in [3.05, 3.63) is 42.0 Å². The summed E-state index contributed by atoms with van der Waals surface area (Å²) >= 11 is 0. The average Bonchev–Trinajstić information content (AvgIpc) is 3.27. The molecule has 1 aromatic carbocycles. The molecule has 0 aliphatic carbocycles. The third-order valence-electron chi connectivity index (χ3n) is 3.63. The van der Waals surface area contributed by atoms with E-state index in [1.165, 1.54) is 18.5 Å². The topological polar surface area (TPSA) is 86.0 Å². The van der Waals surface area contributed by atoms with Gasteiger partial charge in [0.05, 0.1) is 17.4 Å². The van der Waals surface area contributed by atoms with Gasteiger partial charge in [0, 0.05) is 22.7 Å². The summed E-state index contributed by atoms with van der Waals surface area (Å²) in [5.74, 6) is -3.88. The normalized spacial score (nSPS) is 12.2. The number of halogens is 5. The van der Waals surface area contributed by atoms with Crippen LogP contribution in [0, 0.1) is 11.6 Å². The fourth-order valence-electron chi connectivity index (χ4n) is 2.56. The van der Waals surface area contributed by atoms with Gasteiger partial charge in [-0.1, -0.05) is 0 Å². The van der Waals surface area contributed by atoms with Gasteiger partial charge in [-0.25, -0.2) is 13.8 Å². The largest absolute Gasteiger partial charge is 0.451 e. The lowest BCUT2D eigenvalue weighted by molar-refractivity contribution is -0.144. The molecule has 11 heteroatoms. The van der Waals surface area contributed by atoms with Gasteiger partial charge >= 0.3 is 6.18 Å². The molecule has 0 fully saturated rings. The second kappa shape index (κ2) is 5.13. The Kier molecular flexibility index (Phi) is 3.14. The number of aromatic amines is 3. The maximum absolute atomic E-state index is 14.1. The molecule has 0 atom stereocenters. The van der Waals surface area contributed by atoms with Crippen molar-refractivity contribution in [2.24, 2.45) is 0 Å². The van der Waals surface area contributed by atoms with Crippen LogP contribution in [0.4, 0.5) is 22.0 Å². The zero-order chi connectivity index (χ0) is 17.8. The number of hydrogen-bond donors (Lipinski definition) is 3. The smallest absolute Gasteiger partial charge is 0.349 e. The summed E-state index contributed by atoms with van der Waals surface area (Å²) in [6.45, 7) is 0. The summed E-state index contributed by atoms with van der Waals surface area (Å²) in [7, 11) is 0. The Labute approximate surface area is 135 Å². The second-order valence-electron chi connectivity index (χ2n) is 5.15. The van der Waals surface area contributed by atoms with E-state index in [0.29, 0.717) is 11.1 Å². The first-order valence-corrected chi connectivity index (χ1v) is 6.85. The first-order valence-electron chi connectivity index (χ1n) is 6.85. The number of nitrogens with zero attached hydrogens (tertiary/aromatic N) is 3. The molecule has 4 aromatic rings. The summed E-state index contributed by atoms with van der Waals surface area (Å²) in [5, 5.41) is 11.9. The molecule has 0 radical (unpaired) electrons. The first-order chi connectivity index (χ1) is 11.9. The molecule has 0 aliphatic rings. The molecule has 0 unspecified atom stereocenters. The van der Waals surface area contributed by atoms with Gasteiger partial charge in [-0.2, -0.15) is 23.4 Å². The first kappa shape index (κ1) is 15.3. The molecule has 25 heavy (non-hydrogen) atoms. The van der Waals surface area contributed by atoms with Crippen LogP contribution in [0.15, 0.2) is 24.5 Å². The van der Waals surface area contributed by atoms with Gasteiger partial charge in [0.25, 0.3) is 0 Å². The van der Waals surface area contributed by atoms with E-state index >= 15 is 0 Å². The summed E-state index contributed by atoms with van der Waals surface area (Å²) < 4.78 is 65.8. The zero-order valence-corrected chi connectivity index (χ0v) is 12.0. The maximum atomic E-state index is 14.1. The van der Waals surface area contributed by atoms with Gasteiger partial charge in [-0.3, -0.25) is 10.2 Å². The number of benzene rings is 1. The van der Waals surface area contributed by atoms with Crippen LogP contribution in [-0.2, 0) is 6.18 Å². The van der Waals surface area contributed by atoms with Crippen molar-refractivity contribution in [3.63, 3.8) is 0 Å². The van der Waals surface area contributed by atoms with Crippen LogP contribution in [0.2, 0.25) is 0 Å². The van der Waals surface area contributed by atoms with E-state index in [1.54, 1.807) is 5.10 Å². The number of H-pyrrole nitrogens is 3. The van der Waals surface area contributed by atoms with Crippen LogP contribution in [0.3, 0.4) is 0 Å². The molecule has 0 saturated carbocycles. The van der Waals surface area contributed by atoms with Gasteiger partial charge in [0.2, 0.25) is 5.82 Å². The van der Waals surface area contributed by atoms with E-state index in [-0.39, 0.29) is 22.4 Å². The van der Waals surface area contributed by atoms with Crippen molar-refractivity contribution in [2.45, 2.75) is 6.18 Å². The fourth-order valence-corrected chi connectivity index (χ4v) is 2.56. The van der Waals surface area contributed by atoms with Crippen LogP contribution in [0.1, 0.15) is 5.82 Å². The molecule has 4 rings (SSSR count). The van der Waals surface area contributed by atoms with Crippen LogP contribution in [0.5, 0.6) is 0 Å². The van der Waals surface area contributed by atoms with E-state index < -0.39 is 23.6 Å². The molecule has 0 bridgehead atoms. The Hall–Kier alpha value is -3.24. The van der Waals surface area contributed by atoms with Gasteiger partial charge in [-0.15, -0.1) is 0 Å². The van der Waals surface area contributed by atoms with E-state index in [2.05, 4.69) is 25.3 Å². The van der Waals surface area contributed by atoms with Crippen molar-refractivity contribution >= 4 is 10.9 Å². The Morgan fingerprint density at radius 1 is 1.08 bits per heavy atom. The Bertz CT molecular complexity index is 1060. The number of fused-ring (bicyclic) bond motifs is 1. The van der Waals surface area contributed by atoms with E-state index in [1.807, 2.05) is 0 Å². The second-order valence-corrected chi connectivity index (χ2v) is 5.15. The summed E-state index contributed by atoms with van der Waals surface area (Å²) in [5.41, 5.74) is 0.554. The Balaban J connectivity index is 2.02. The molecule has 6 nitrogen and oxygen atoms in total. The summed E-state index contributed by atoms with van der Waals surface area (Å²) in [6, 6.07) is 2.24. The van der Waals surface area contributed by atoms with E-state index in [4.69, 9.17) is 0 Å². The van der Waals surface area contributed by atoms with Crippen LogP contribution < -0.4 is 0 Å². The molecule has 0 saturated heterocycles. The third-order valence-corrected chi connectivity index (χ3v) is 3.63. The highest BCUT2D eigenvalue weighted by Gasteiger charge is 2.36. The number of alkyl halides is 3. The van der Waals surface area contributed by atoms with Crippen LogP contribution in [-0.4, -0.2) is 30.4 Å². The summed E-state index contributed by atoms with van der Waals surface area (Å²) in [4.78, 5) is 5.97. The van der Waals surface area contributed by atoms with Gasteiger partial charge < -0.3 is 4.98 Å². The highest BCUT2D eigenvalue weighted by molar-refractivity contribution is 6.02. The van der Waals surface area contributed by atoms with Crippen molar-refractivity contribution in [1.82, 2.24) is 30.4 Å². The summed E-state index contributed by atoms with van der Waals surface area (Å²) in [6.07, 6.45) is -1.86. The lowest BCUT2D eigenvalue weighted by Gasteiger charge is -2.00. The van der Waals surface area contributed by atoms with Crippen molar-refractivity contribution in [3.8, 4) is 22.6 Å². The minimum Gasteiger partial charge on any atom is -0.349 e. The van der Waals surface area contributed by atoms with E-state index in [0.717, 1.165) is 6.07 Å². The lowest BCUT2D eigenvalue weighted by atomic mass is 10.0.